The van der Waals surface area contributed by atoms with Crippen molar-refractivity contribution in [1.29, 1.82) is 0 Å². The molecule has 0 spiro atoms. The Labute approximate surface area is 247 Å². The van der Waals surface area contributed by atoms with Crippen molar-refractivity contribution >= 4 is 68.0 Å². The zero-order valence-corrected chi connectivity index (χ0v) is 23.9. The maximum atomic E-state index is 13.4. The van der Waals surface area contributed by atoms with Crippen molar-refractivity contribution in [3.63, 3.8) is 0 Å². The lowest BCUT2D eigenvalue weighted by molar-refractivity contribution is -0.120. The molecule has 11 heteroatoms. The highest BCUT2D eigenvalue weighted by Crippen LogP contribution is 2.31. The molecule has 3 amide bonds. The second-order valence-electron chi connectivity index (χ2n) is 9.45. The van der Waals surface area contributed by atoms with Crippen LogP contribution in [0.25, 0.3) is 11.1 Å². The van der Waals surface area contributed by atoms with Crippen molar-refractivity contribution in [1.82, 2.24) is 9.71 Å². The standard InChI is InChI=1S/C30H24Cl2N4O4S/c1-41(40,36-29(38)20-10-11-20)26-5-3-2-4-23(26)18-6-8-19(9-7-18)28(37)34-25-14-12-21(31)16-24(25)30(39)35-27-15-13-22(32)17-33-27/h2-9,12-17,20H,1,10-11H2,(H,34,37)(H,33,35,39)(H,36,38,40). The number of hydrogen-bond acceptors (Lipinski definition) is 5. The number of rotatable bonds is 8. The van der Waals surface area contributed by atoms with Crippen molar-refractivity contribution in [2.45, 2.75) is 17.7 Å². The van der Waals surface area contributed by atoms with Crippen LogP contribution in [-0.4, -0.2) is 32.8 Å². The zero-order valence-electron chi connectivity index (χ0n) is 21.5. The summed E-state index contributed by atoms with van der Waals surface area (Å²) in [5.74, 6) is 2.75. The number of aromatic nitrogens is 1. The number of nitrogens with one attached hydrogen (secondary N) is 3. The van der Waals surface area contributed by atoms with Gasteiger partial charge in [-0.3, -0.25) is 19.1 Å². The number of benzene rings is 3. The minimum atomic E-state index is -3.09. The minimum absolute atomic E-state index is 0.108. The molecule has 3 aromatic carbocycles. The maximum absolute atomic E-state index is 13.4. The first-order valence-corrected chi connectivity index (χ1v) is 15.0. The predicted octanol–water partition coefficient (Wildman–Crippen LogP) is 6.08. The molecule has 4 aromatic rings. The first kappa shape index (κ1) is 28.4. The molecular formula is C30H24Cl2N4O4S. The van der Waals surface area contributed by atoms with Crippen LogP contribution in [0.5, 0.6) is 0 Å². The minimum Gasteiger partial charge on any atom is -0.321 e. The summed E-state index contributed by atoms with van der Waals surface area (Å²) in [5, 5.41) is 6.16. The smallest absolute Gasteiger partial charge is 0.258 e. The highest BCUT2D eigenvalue weighted by molar-refractivity contribution is 7.99. The third-order valence-corrected chi connectivity index (χ3v) is 8.41. The van der Waals surface area contributed by atoms with Crippen LogP contribution in [0.1, 0.15) is 33.6 Å². The van der Waals surface area contributed by atoms with E-state index in [4.69, 9.17) is 23.2 Å². The number of hydrogen-bond donors (Lipinski definition) is 3. The Kier molecular flexibility index (Phi) is 8.12. The molecule has 0 aliphatic heterocycles. The largest absolute Gasteiger partial charge is 0.321 e. The molecule has 1 atom stereocenters. The summed E-state index contributed by atoms with van der Waals surface area (Å²) in [4.78, 5) is 42.8. The van der Waals surface area contributed by atoms with Crippen LogP contribution in [0, 0.1) is 5.92 Å². The molecule has 1 fully saturated rings. The predicted molar refractivity (Wildman–Crippen MR) is 163 cm³/mol. The van der Waals surface area contributed by atoms with Crippen molar-refractivity contribution in [2.24, 2.45) is 5.92 Å². The molecule has 1 saturated carbocycles. The van der Waals surface area contributed by atoms with E-state index in [0.717, 1.165) is 12.8 Å². The van der Waals surface area contributed by atoms with Crippen molar-refractivity contribution in [2.75, 3.05) is 10.6 Å². The highest BCUT2D eigenvalue weighted by Gasteiger charge is 2.31. The number of carbonyl (C=O) groups excluding carboxylic acids is 3. The summed E-state index contributed by atoms with van der Waals surface area (Å²) in [6.07, 6.45) is 2.97. The van der Waals surface area contributed by atoms with Gasteiger partial charge in [-0.1, -0.05) is 53.5 Å². The van der Waals surface area contributed by atoms with E-state index in [9.17, 15) is 18.6 Å². The van der Waals surface area contributed by atoms with Crippen LogP contribution in [0.4, 0.5) is 11.5 Å². The number of pyridine rings is 1. The summed E-state index contributed by atoms with van der Waals surface area (Å²) in [6, 6.07) is 21.3. The average molecular weight is 608 g/mol. The summed E-state index contributed by atoms with van der Waals surface area (Å²) >= 11 is 12.0. The summed E-state index contributed by atoms with van der Waals surface area (Å²) in [5.41, 5.74) is 2.04. The van der Waals surface area contributed by atoms with E-state index >= 15 is 0 Å². The maximum Gasteiger partial charge on any atom is 0.258 e. The third kappa shape index (κ3) is 6.77. The molecule has 8 nitrogen and oxygen atoms in total. The normalized spacial score (nSPS) is 14.0. The van der Waals surface area contributed by atoms with Gasteiger partial charge in [0.25, 0.3) is 11.8 Å². The Balaban J connectivity index is 1.34. The van der Waals surface area contributed by atoms with Crippen molar-refractivity contribution < 1.29 is 18.6 Å². The van der Waals surface area contributed by atoms with Gasteiger partial charge in [0.15, 0.2) is 0 Å². The van der Waals surface area contributed by atoms with Gasteiger partial charge in [-0.25, -0.2) is 9.19 Å². The first-order valence-electron chi connectivity index (χ1n) is 12.5. The quantitative estimate of drug-likeness (QED) is 0.210. The number of amides is 3. The molecule has 208 valence electrons. The Hall–Kier alpha value is -4.18. The fourth-order valence-electron chi connectivity index (χ4n) is 4.08. The Bertz CT molecular complexity index is 1750. The van der Waals surface area contributed by atoms with E-state index < -0.39 is 21.5 Å². The highest BCUT2D eigenvalue weighted by atomic mass is 35.5. The number of carbonyl (C=O) groups is 3. The van der Waals surface area contributed by atoms with Crippen LogP contribution in [0.3, 0.4) is 0 Å². The molecule has 1 aliphatic carbocycles. The van der Waals surface area contributed by atoms with Crippen LogP contribution >= 0.6 is 23.2 Å². The Morgan fingerprint density at radius 2 is 1.56 bits per heavy atom. The lowest BCUT2D eigenvalue weighted by Crippen LogP contribution is -2.31. The Morgan fingerprint density at radius 3 is 2.24 bits per heavy atom. The molecule has 1 aliphatic rings. The van der Waals surface area contributed by atoms with E-state index in [1.165, 1.54) is 18.3 Å². The van der Waals surface area contributed by atoms with Gasteiger partial charge in [-0.15, -0.1) is 0 Å². The number of nitrogens with zero attached hydrogens (tertiary/aromatic N) is 1. The summed E-state index contributed by atoms with van der Waals surface area (Å²) in [6.45, 7) is 0. The van der Waals surface area contributed by atoms with Gasteiger partial charge in [0, 0.05) is 22.7 Å². The van der Waals surface area contributed by atoms with Gasteiger partial charge in [0.2, 0.25) is 5.91 Å². The second-order valence-corrected chi connectivity index (χ2v) is 12.3. The average Bonchev–Trinajstić information content (AvgIpc) is 3.81. The second kappa shape index (κ2) is 11.7. The van der Waals surface area contributed by atoms with Gasteiger partial charge >= 0.3 is 0 Å². The van der Waals surface area contributed by atoms with Crippen LogP contribution < -0.4 is 15.4 Å². The monoisotopic (exact) mass is 606 g/mol. The summed E-state index contributed by atoms with van der Waals surface area (Å²) in [7, 11) is -3.09. The molecule has 0 radical (unpaired) electrons. The van der Waals surface area contributed by atoms with Gasteiger partial charge in [-0.05, 0) is 78.4 Å². The number of halogens is 2. The molecule has 5 rings (SSSR count). The summed E-state index contributed by atoms with van der Waals surface area (Å²) < 4.78 is 16.0. The van der Waals surface area contributed by atoms with E-state index in [0.29, 0.717) is 31.6 Å². The molecule has 3 N–H and O–H groups in total. The molecular weight excluding hydrogens is 583 g/mol. The molecule has 0 saturated heterocycles. The van der Waals surface area contributed by atoms with E-state index in [-0.39, 0.29) is 28.9 Å². The van der Waals surface area contributed by atoms with Crippen LogP contribution in [0.15, 0.2) is 90.0 Å². The zero-order chi connectivity index (χ0) is 29.1. The van der Waals surface area contributed by atoms with E-state index in [1.54, 1.807) is 66.7 Å². The number of anilines is 2. The molecule has 1 unspecified atom stereocenters. The van der Waals surface area contributed by atoms with Crippen molar-refractivity contribution in [3.8, 4) is 11.1 Å². The van der Waals surface area contributed by atoms with Crippen LogP contribution in [-0.2, 0) is 14.5 Å². The molecule has 1 heterocycles. The molecule has 41 heavy (non-hydrogen) atoms. The fraction of sp³-hybridized carbons (Fsp3) is 0.100. The van der Waals surface area contributed by atoms with Gasteiger partial charge in [-0.2, -0.15) is 0 Å². The van der Waals surface area contributed by atoms with Crippen LogP contribution in [0.2, 0.25) is 10.0 Å². The topological polar surface area (TPSA) is 117 Å². The third-order valence-electron chi connectivity index (χ3n) is 6.36. The lowest BCUT2D eigenvalue weighted by Gasteiger charge is -2.16. The van der Waals surface area contributed by atoms with Crippen molar-refractivity contribution in [3.05, 3.63) is 106 Å². The van der Waals surface area contributed by atoms with Gasteiger partial charge in [0.1, 0.15) is 5.82 Å². The fourth-order valence-corrected chi connectivity index (χ4v) is 5.81. The lowest BCUT2D eigenvalue weighted by atomic mass is 10.0. The van der Waals surface area contributed by atoms with Gasteiger partial charge in [0.05, 0.1) is 30.9 Å². The molecule has 1 aromatic heterocycles. The van der Waals surface area contributed by atoms with E-state index in [1.807, 2.05) is 0 Å². The first-order chi connectivity index (χ1) is 19.6. The van der Waals surface area contributed by atoms with E-state index in [2.05, 4.69) is 26.2 Å². The SMILES string of the molecule is C=S(=O)(NC(=O)C1CC1)c1ccccc1-c1ccc(C(=O)Nc2ccc(Cl)cc2C(=O)Nc2ccc(Cl)cn2)cc1. The Morgan fingerprint density at radius 1 is 0.854 bits per heavy atom. The van der Waals surface area contributed by atoms with Gasteiger partial charge < -0.3 is 10.6 Å². The molecule has 0 bridgehead atoms.